The lowest BCUT2D eigenvalue weighted by Crippen LogP contribution is -2.41. The summed E-state index contributed by atoms with van der Waals surface area (Å²) in [7, 11) is -0.581. The molecule has 28 heavy (non-hydrogen) atoms. The zero-order valence-corrected chi connectivity index (χ0v) is 16.6. The number of hydrogen-bond donors (Lipinski definition) is 1. The number of hydrogen-bond acceptors (Lipinski definition) is 8. The molecule has 2 heterocycles. The Morgan fingerprint density at radius 3 is 2.54 bits per heavy atom. The molecule has 1 aromatic heterocycles. The van der Waals surface area contributed by atoms with E-state index in [0.717, 1.165) is 23.9 Å². The molecule has 1 amide bonds. The third-order valence-electron chi connectivity index (χ3n) is 4.33. The van der Waals surface area contributed by atoms with Crippen LogP contribution in [0.2, 0.25) is 0 Å². The molecule has 1 aliphatic rings. The van der Waals surface area contributed by atoms with Crippen LogP contribution in [-0.2, 0) is 14.8 Å². The van der Waals surface area contributed by atoms with Crippen LogP contribution in [0.3, 0.4) is 0 Å². The summed E-state index contributed by atoms with van der Waals surface area (Å²) in [5.41, 5.74) is 0.550. The fourth-order valence-corrected chi connectivity index (χ4v) is 3.55. The first-order valence-electron chi connectivity index (χ1n) is 8.83. The van der Waals surface area contributed by atoms with E-state index in [1.807, 2.05) is 0 Å². The highest BCUT2D eigenvalue weighted by atomic mass is 32.2. The summed E-state index contributed by atoms with van der Waals surface area (Å²) < 4.78 is 35.6. The number of sulfonamides is 1. The zero-order chi connectivity index (χ0) is 20.1. The lowest BCUT2D eigenvalue weighted by molar-refractivity contribution is 0.0382. The topological polar surface area (TPSA) is 118 Å². The van der Waals surface area contributed by atoms with Crippen LogP contribution in [0.1, 0.15) is 10.7 Å². The fourth-order valence-electron chi connectivity index (χ4n) is 2.65. The van der Waals surface area contributed by atoms with E-state index in [4.69, 9.17) is 9.26 Å². The Balaban J connectivity index is 1.59. The molecule has 0 saturated carbocycles. The highest BCUT2D eigenvalue weighted by molar-refractivity contribution is 7.89. The van der Waals surface area contributed by atoms with E-state index in [-0.39, 0.29) is 16.6 Å². The number of nitrogens with one attached hydrogen (secondary N) is 1. The van der Waals surface area contributed by atoms with Crippen molar-refractivity contribution < 1.29 is 22.5 Å². The van der Waals surface area contributed by atoms with Gasteiger partial charge in [-0.05, 0) is 24.3 Å². The predicted molar refractivity (Wildman–Crippen MR) is 100 cm³/mol. The number of rotatable bonds is 7. The minimum absolute atomic E-state index is 0.137. The van der Waals surface area contributed by atoms with E-state index in [1.165, 1.54) is 26.2 Å². The molecule has 1 aromatic carbocycles. The monoisotopic (exact) mass is 409 g/mol. The van der Waals surface area contributed by atoms with Crippen molar-refractivity contribution in [3.8, 4) is 11.4 Å². The van der Waals surface area contributed by atoms with Gasteiger partial charge in [-0.25, -0.2) is 12.7 Å². The maximum atomic E-state index is 12.2. The van der Waals surface area contributed by atoms with Crippen LogP contribution in [0.4, 0.5) is 0 Å². The van der Waals surface area contributed by atoms with Crippen LogP contribution in [0.15, 0.2) is 33.7 Å². The van der Waals surface area contributed by atoms with E-state index >= 15 is 0 Å². The molecule has 0 unspecified atom stereocenters. The first kappa shape index (κ1) is 20.4. The number of benzene rings is 1. The summed E-state index contributed by atoms with van der Waals surface area (Å²) in [5, 5.41) is 6.55. The Morgan fingerprint density at radius 2 is 1.89 bits per heavy atom. The first-order valence-corrected chi connectivity index (χ1v) is 10.3. The highest BCUT2D eigenvalue weighted by Gasteiger charge is 2.19. The van der Waals surface area contributed by atoms with Crippen molar-refractivity contribution in [2.45, 2.75) is 4.90 Å². The minimum atomic E-state index is -3.51. The van der Waals surface area contributed by atoms with Gasteiger partial charge in [0.1, 0.15) is 0 Å². The summed E-state index contributed by atoms with van der Waals surface area (Å²) in [6.07, 6.45) is 0. The van der Waals surface area contributed by atoms with Crippen LogP contribution >= 0.6 is 0 Å². The van der Waals surface area contributed by atoms with Crippen LogP contribution in [-0.4, -0.2) is 87.2 Å². The SMILES string of the molecule is CN(C)S(=O)(=O)c1ccc(-c2noc(C(=O)NCCN3CCOCC3)n2)cc1. The average molecular weight is 409 g/mol. The summed E-state index contributed by atoms with van der Waals surface area (Å²) in [4.78, 5) is 18.6. The van der Waals surface area contributed by atoms with Crippen LogP contribution in [0, 0.1) is 0 Å². The maximum absolute atomic E-state index is 12.2. The quantitative estimate of drug-likeness (QED) is 0.682. The molecule has 1 aliphatic heterocycles. The van der Waals surface area contributed by atoms with Crippen LogP contribution < -0.4 is 5.32 Å². The van der Waals surface area contributed by atoms with Gasteiger partial charge in [0, 0.05) is 45.8 Å². The van der Waals surface area contributed by atoms with E-state index in [9.17, 15) is 13.2 Å². The molecule has 0 spiro atoms. The summed E-state index contributed by atoms with van der Waals surface area (Å²) in [6.45, 7) is 4.29. The van der Waals surface area contributed by atoms with E-state index in [2.05, 4.69) is 20.4 Å². The van der Waals surface area contributed by atoms with Crippen LogP contribution in [0.25, 0.3) is 11.4 Å². The first-order chi connectivity index (χ1) is 13.4. The molecular formula is C17H23N5O5S. The number of carbonyl (C=O) groups is 1. The molecule has 0 aliphatic carbocycles. The van der Waals surface area contributed by atoms with E-state index in [1.54, 1.807) is 12.1 Å². The smallest absolute Gasteiger partial charge is 0.316 e. The number of nitrogens with zero attached hydrogens (tertiary/aromatic N) is 4. The molecule has 1 N–H and O–H groups in total. The molecule has 10 nitrogen and oxygen atoms in total. The Kier molecular flexibility index (Phi) is 6.39. The Morgan fingerprint density at radius 1 is 1.21 bits per heavy atom. The molecule has 1 fully saturated rings. The molecular weight excluding hydrogens is 386 g/mol. The highest BCUT2D eigenvalue weighted by Crippen LogP contribution is 2.20. The fraction of sp³-hybridized carbons (Fsp3) is 0.471. The van der Waals surface area contributed by atoms with Gasteiger partial charge < -0.3 is 14.6 Å². The lowest BCUT2D eigenvalue weighted by atomic mass is 10.2. The number of ether oxygens (including phenoxy) is 1. The number of aromatic nitrogens is 2. The van der Waals surface area contributed by atoms with Gasteiger partial charge in [-0.15, -0.1) is 0 Å². The third-order valence-corrected chi connectivity index (χ3v) is 6.16. The second-order valence-corrected chi connectivity index (χ2v) is 8.60. The van der Waals surface area contributed by atoms with Gasteiger partial charge in [0.2, 0.25) is 15.8 Å². The van der Waals surface area contributed by atoms with Crippen molar-refractivity contribution in [2.75, 3.05) is 53.5 Å². The van der Waals surface area contributed by atoms with Crippen molar-refractivity contribution in [1.29, 1.82) is 0 Å². The van der Waals surface area contributed by atoms with Gasteiger partial charge in [0.25, 0.3) is 0 Å². The third kappa shape index (κ3) is 4.73. The van der Waals surface area contributed by atoms with Gasteiger partial charge in [0.15, 0.2) is 0 Å². The van der Waals surface area contributed by atoms with Crippen molar-refractivity contribution >= 4 is 15.9 Å². The standard InChI is InChI=1S/C17H23N5O5S/c1-21(2)28(24,25)14-5-3-13(4-6-14)15-19-17(27-20-15)16(23)18-7-8-22-9-11-26-12-10-22/h3-6H,7-12H2,1-2H3,(H,18,23). The van der Waals surface area contributed by atoms with Gasteiger partial charge in [-0.2, -0.15) is 4.98 Å². The molecule has 0 atom stereocenters. The molecule has 0 bridgehead atoms. The lowest BCUT2D eigenvalue weighted by Gasteiger charge is -2.26. The Labute approximate surface area is 163 Å². The zero-order valence-electron chi connectivity index (χ0n) is 15.8. The Hall–Kier alpha value is -2.34. The normalized spacial score (nSPS) is 15.7. The molecule has 1 saturated heterocycles. The van der Waals surface area contributed by atoms with Gasteiger partial charge in [-0.1, -0.05) is 5.16 Å². The number of amides is 1. The van der Waals surface area contributed by atoms with E-state index < -0.39 is 15.9 Å². The van der Waals surface area contributed by atoms with Crippen molar-refractivity contribution in [2.24, 2.45) is 0 Å². The van der Waals surface area contributed by atoms with E-state index in [0.29, 0.717) is 25.3 Å². The number of carbonyl (C=O) groups excluding carboxylic acids is 1. The summed E-state index contributed by atoms with van der Waals surface area (Å²) in [5.74, 6) is -0.368. The van der Waals surface area contributed by atoms with Gasteiger partial charge in [0.05, 0.1) is 18.1 Å². The molecule has 11 heteroatoms. The van der Waals surface area contributed by atoms with Crippen LogP contribution in [0.5, 0.6) is 0 Å². The molecule has 2 aromatic rings. The minimum Gasteiger partial charge on any atom is -0.379 e. The number of morpholine rings is 1. The van der Waals surface area contributed by atoms with Crippen molar-refractivity contribution in [1.82, 2.24) is 24.7 Å². The second-order valence-electron chi connectivity index (χ2n) is 6.44. The molecule has 152 valence electrons. The molecule has 3 rings (SSSR count). The van der Waals surface area contributed by atoms with Crippen molar-refractivity contribution in [3.63, 3.8) is 0 Å². The average Bonchev–Trinajstić information content (AvgIpc) is 3.19. The second kappa shape index (κ2) is 8.78. The summed E-state index contributed by atoms with van der Waals surface area (Å²) >= 11 is 0. The largest absolute Gasteiger partial charge is 0.379 e. The molecule has 0 radical (unpaired) electrons. The van der Waals surface area contributed by atoms with Gasteiger partial charge >= 0.3 is 11.8 Å². The van der Waals surface area contributed by atoms with Gasteiger partial charge in [-0.3, -0.25) is 9.69 Å². The van der Waals surface area contributed by atoms with Crippen molar-refractivity contribution in [3.05, 3.63) is 30.2 Å². The predicted octanol–water partition coefficient (Wildman–Crippen LogP) is 0.0489. The Bertz CT molecular complexity index is 904. The maximum Gasteiger partial charge on any atom is 0.316 e. The summed E-state index contributed by atoms with van der Waals surface area (Å²) in [6, 6.07) is 6.06.